The van der Waals surface area contributed by atoms with Crippen LogP contribution in [0.15, 0.2) is 71.0 Å². The standard InChI is InChI=1S/C26H26N6O2S/c1-18-6-5-7-19(2)24(18)32-25(34)20-8-3-4-9-21(20)29-26(32)35-17-23(33)31-14-12-30(13-15-31)22-16-27-10-11-28-22/h3-11,16H,12-15,17H2,1-2H3. The number of piperazine rings is 1. The Morgan fingerprint density at radius 1 is 0.971 bits per heavy atom. The molecule has 1 amide bonds. The Morgan fingerprint density at radius 2 is 1.71 bits per heavy atom. The maximum atomic E-state index is 13.6. The fourth-order valence-electron chi connectivity index (χ4n) is 4.42. The molecule has 0 bridgehead atoms. The van der Waals surface area contributed by atoms with Gasteiger partial charge in [0.15, 0.2) is 5.16 Å². The third-order valence-corrected chi connectivity index (χ3v) is 7.16. The predicted molar refractivity (Wildman–Crippen MR) is 138 cm³/mol. The first-order valence-electron chi connectivity index (χ1n) is 11.5. The number of hydrogen-bond donors (Lipinski definition) is 0. The van der Waals surface area contributed by atoms with E-state index in [9.17, 15) is 9.59 Å². The fraction of sp³-hybridized carbons (Fsp3) is 0.269. The van der Waals surface area contributed by atoms with Crippen molar-refractivity contribution in [3.05, 3.63) is 82.5 Å². The first-order chi connectivity index (χ1) is 17.0. The second kappa shape index (κ2) is 9.87. The third kappa shape index (κ3) is 4.64. The van der Waals surface area contributed by atoms with Crippen LogP contribution in [-0.2, 0) is 4.79 Å². The van der Waals surface area contributed by atoms with Crippen molar-refractivity contribution in [1.82, 2.24) is 24.4 Å². The second-order valence-corrected chi connectivity index (χ2v) is 9.46. The van der Waals surface area contributed by atoms with Crippen LogP contribution in [0.5, 0.6) is 0 Å². The number of para-hydroxylation sites is 2. The van der Waals surface area contributed by atoms with Gasteiger partial charge < -0.3 is 9.80 Å². The van der Waals surface area contributed by atoms with Crippen molar-refractivity contribution >= 4 is 34.4 Å². The summed E-state index contributed by atoms with van der Waals surface area (Å²) in [5.74, 6) is 1.07. The van der Waals surface area contributed by atoms with Gasteiger partial charge in [0.25, 0.3) is 5.56 Å². The number of carbonyl (C=O) groups excluding carboxylic acids is 1. The van der Waals surface area contributed by atoms with Crippen LogP contribution >= 0.6 is 11.8 Å². The van der Waals surface area contributed by atoms with Crippen molar-refractivity contribution in [3.63, 3.8) is 0 Å². The lowest BCUT2D eigenvalue weighted by atomic mass is 10.1. The van der Waals surface area contributed by atoms with Crippen LogP contribution in [0.25, 0.3) is 16.6 Å². The van der Waals surface area contributed by atoms with Gasteiger partial charge in [0.05, 0.1) is 28.5 Å². The summed E-state index contributed by atoms with van der Waals surface area (Å²) < 4.78 is 1.66. The number of hydrogen-bond acceptors (Lipinski definition) is 7. The molecule has 0 radical (unpaired) electrons. The predicted octanol–water partition coefficient (Wildman–Crippen LogP) is 3.23. The molecule has 2 aromatic carbocycles. The monoisotopic (exact) mass is 486 g/mol. The van der Waals surface area contributed by atoms with Crippen LogP contribution in [0, 0.1) is 13.8 Å². The first kappa shape index (κ1) is 23.0. The van der Waals surface area contributed by atoms with E-state index in [4.69, 9.17) is 4.98 Å². The van der Waals surface area contributed by atoms with Gasteiger partial charge in [0.2, 0.25) is 5.91 Å². The van der Waals surface area contributed by atoms with Crippen LogP contribution in [0.4, 0.5) is 5.82 Å². The number of rotatable bonds is 5. The molecular formula is C26H26N6O2S. The Hall–Kier alpha value is -3.72. The van der Waals surface area contributed by atoms with Crippen LogP contribution in [0.1, 0.15) is 11.1 Å². The van der Waals surface area contributed by atoms with E-state index < -0.39 is 0 Å². The molecule has 0 atom stereocenters. The zero-order chi connectivity index (χ0) is 24.4. The van der Waals surface area contributed by atoms with E-state index in [2.05, 4.69) is 14.9 Å². The van der Waals surface area contributed by atoms with E-state index in [-0.39, 0.29) is 17.2 Å². The lowest BCUT2D eigenvalue weighted by Gasteiger charge is -2.35. The zero-order valence-corrected chi connectivity index (χ0v) is 20.5. The van der Waals surface area contributed by atoms with E-state index >= 15 is 0 Å². The summed E-state index contributed by atoms with van der Waals surface area (Å²) in [5, 5.41) is 1.09. The molecule has 35 heavy (non-hydrogen) atoms. The number of nitrogens with zero attached hydrogens (tertiary/aromatic N) is 6. The quantitative estimate of drug-likeness (QED) is 0.316. The number of carbonyl (C=O) groups is 1. The van der Waals surface area contributed by atoms with Crippen molar-refractivity contribution in [2.45, 2.75) is 19.0 Å². The van der Waals surface area contributed by atoms with Crippen LogP contribution in [0.2, 0.25) is 0 Å². The summed E-state index contributed by atoms with van der Waals surface area (Å²) in [5.41, 5.74) is 3.30. The number of amides is 1. The fourth-order valence-corrected chi connectivity index (χ4v) is 5.32. The molecule has 0 unspecified atom stereocenters. The lowest BCUT2D eigenvalue weighted by Crippen LogP contribution is -2.49. The average molecular weight is 487 g/mol. The van der Waals surface area contributed by atoms with Gasteiger partial charge in [-0.15, -0.1) is 0 Å². The summed E-state index contributed by atoms with van der Waals surface area (Å²) in [4.78, 5) is 43.9. The van der Waals surface area contributed by atoms with Gasteiger partial charge in [0, 0.05) is 38.6 Å². The van der Waals surface area contributed by atoms with Crippen molar-refractivity contribution in [3.8, 4) is 5.69 Å². The summed E-state index contributed by atoms with van der Waals surface area (Å²) >= 11 is 1.31. The molecule has 0 aliphatic carbocycles. The smallest absolute Gasteiger partial charge is 0.266 e. The highest BCUT2D eigenvalue weighted by atomic mass is 32.2. The van der Waals surface area contributed by atoms with E-state index in [1.165, 1.54) is 11.8 Å². The molecule has 8 nitrogen and oxygen atoms in total. The molecule has 1 aliphatic rings. The number of aromatic nitrogens is 4. The number of fused-ring (bicyclic) bond motifs is 1. The molecular weight excluding hydrogens is 460 g/mol. The Kier molecular flexibility index (Phi) is 6.50. The van der Waals surface area contributed by atoms with E-state index in [0.29, 0.717) is 42.2 Å². The highest BCUT2D eigenvalue weighted by molar-refractivity contribution is 7.99. The summed E-state index contributed by atoms with van der Waals surface area (Å²) in [6.07, 6.45) is 5.07. The second-order valence-electron chi connectivity index (χ2n) is 8.51. The first-order valence-corrected chi connectivity index (χ1v) is 12.5. The molecule has 5 rings (SSSR count). The zero-order valence-electron chi connectivity index (χ0n) is 19.7. The number of benzene rings is 2. The largest absolute Gasteiger partial charge is 0.352 e. The van der Waals surface area contributed by atoms with Crippen LogP contribution < -0.4 is 10.5 Å². The Bertz CT molecular complexity index is 1410. The van der Waals surface area contributed by atoms with Crippen LogP contribution in [0.3, 0.4) is 0 Å². The minimum Gasteiger partial charge on any atom is -0.352 e. The van der Waals surface area contributed by atoms with Gasteiger partial charge in [0.1, 0.15) is 5.82 Å². The maximum Gasteiger partial charge on any atom is 0.266 e. The minimum atomic E-state index is -0.125. The topological polar surface area (TPSA) is 84.2 Å². The van der Waals surface area contributed by atoms with E-state index in [1.807, 2.05) is 55.1 Å². The van der Waals surface area contributed by atoms with Crippen molar-refractivity contribution in [2.24, 2.45) is 0 Å². The number of thioether (sulfide) groups is 1. The Labute approximate surface area is 207 Å². The molecule has 178 valence electrons. The normalized spacial score (nSPS) is 13.9. The van der Waals surface area contributed by atoms with Gasteiger partial charge in [-0.25, -0.2) is 9.97 Å². The average Bonchev–Trinajstić information content (AvgIpc) is 2.89. The molecule has 0 N–H and O–H groups in total. The lowest BCUT2D eigenvalue weighted by molar-refractivity contribution is -0.128. The van der Waals surface area contributed by atoms with E-state index in [0.717, 1.165) is 22.6 Å². The van der Waals surface area contributed by atoms with Gasteiger partial charge >= 0.3 is 0 Å². The summed E-state index contributed by atoms with van der Waals surface area (Å²) in [7, 11) is 0. The highest BCUT2D eigenvalue weighted by Gasteiger charge is 2.23. The molecule has 0 spiro atoms. The van der Waals surface area contributed by atoms with E-state index in [1.54, 1.807) is 29.2 Å². The molecule has 3 heterocycles. The Morgan fingerprint density at radius 3 is 2.43 bits per heavy atom. The van der Waals surface area contributed by atoms with Gasteiger partial charge in [-0.3, -0.25) is 19.1 Å². The number of aryl methyl sites for hydroxylation is 2. The molecule has 9 heteroatoms. The molecule has 1 aliphatic heterocycles. The highest BCUT2D eigenvalue weighted by Crippen LogP contribution is 2.26. The van der Waals surface area contributed by atoms with Crippen molar-refractivity contribution < 1.29 is 4.79 Å². The van der Waals surface area contributed by atoms with Crippen LogP contribution in [-0.4, -0.2) is 62.3 Å². The van der Waals surface area contributed by atoms with Crippen molar-refractivity contribution in [1.29, 1.82) is 0 Å². The molecule has 0 saturated carbocycles. The Balaban J connectivity index is 1.39. The maximum absolute atomic E-state index is 13.6. The number of anilines is 1. The molecule has 4 aromatic rings. The summed E-state index contributed by atoms with van der Waals surface area (Å²) in [6, 6.07) is 13.3. The summed E-state index contributed by atoms with van der Waals surface area (Å²) in [6.45, 7) is 6.61. The van der Waals surface area contributed by atoms with Gasteiger partial charge in [-0.2, -0.15) is 0 Å². The molecule has 2 aromatic heterocycles. The van der Waals surface area contributed by atoms with Crippen molar-refractivity contribution in [2.75, 3.05) is 36.8 Å². The molecule has 1 fully saturated rings. The molecule has 1 saturated heterocycles. The minimum absolute atomic E-state index is 0.0317. The third-order valence-electron chi connectivity index (χ3n) is 6.24. The van der Waals surface area contributed by atoms with Gasteiger partial charge in [-0.1, -0.05) is 42.1 Å². The SMILES string of the molecule is Cc1cccc(C)c1-n1c(SCC(=O)N2CCN(c3cnccn3)CC2)nc2ccccc2c1=O. The van der Waals surface area contributed by atoms with Gasteiger partial charge in [-0.05, 0) is 37.1 Å².